The molecule has 1 N–H and O–H groups in total. The molecule has 3 aromatic rings. The Morgan fingerprint density at radius 3 is 2.30 bits per heavy atom. The Bertz CT molecular complexity index is 1250. The molecule has 0 aliphatic carbocycles. The molecule has 1 atom stereocenters. The van der Waals surface area contributed by atoms with Crippen LogP contribution < -0.4 is 24.3 Å². The van der Waals surface area contributed by atoms with Crippen molar-refractivity contribution in [2.45, 2.75) is 37.9 Å². The van der Waals surface area contributed by atoms with E-state index >= 15 is 0 Å². The van der Waals surface area contributed by atoms with E-state index in [2.05, 4.69) is 12.2 Å². The van der Waals surface area contributed by atoms with Gasteiger partial charge in [0, 0.05) is 6.42 Å². The van der Waals surface area contributed by atoms with Crippen LogP contribution in [0.3, 0.4) is 0 Å². The summed E-state index contributed by atoms with van der Waals surface area (Å²) in [7, 11) is 1.64. The lowest BCUT2D eigenvalue weighted by Crippen LogP contribution is -2.31. The molecular weight excluding hydrogens is 490 g/mol. The zero-order valence-corrected chi connectivity index (χ0v) is 22.1. The lowest BCUT2D eigenvalue weighted by Gasteiger charge is -2.19. The molecule has 1 saturated heterocycles. The molecule has 0 aromatic heterocycles. The van der Waals surface area contributed by atoms with Gasteiger partial charge in [0.1, 0.15) is 33.5 Å². The predicted molar refractivity (Wildman–Crippen MR) is 144 cm³/mol. The van der Waals surface area contributed by atoms with E-state index in [-0.39, 0.29) is 11.1 Å². The minimum Gasteiger partial charge on any atom is -0.497 e. The van der Waals surface area contributed by atoms with Gasteiger partial charge in [0.2, 0.25) is 5.91 Å². The highest BCUT2D eigenvalue weighted by atomic mass is 32.2. The molecule has 1 aliphatic rings. The molecule has 4 rings (SSSR count). The number of carbonyl (C=O) groups is 2. The second kappa shape index (κ2) is 12.1. The summed E-state index contributed by atoms with van der Waals surface area (Å²) in [5, 5.41) is 2.01. The minimum atomic E-state index is -0.946. The fraction of sp³-hybridized carbons (Fsp3) is 0.310. The molecular formula is C29H31NO6S. The van der Waals surface area contributed by atoms with Gasteiger partial charge in [0.15, 0.2) is 0 Å². The summed E-state index contributed by atoms with van der Waals surface area (Å²) in [5.41, 5.74) is 1.83. The number of thioether (sulfide) groups is 1. The Kier molecular flexibility index (Phi) is 8.61. The number of nitrogens with one attached hydrogen (secondary N) is 1. The second-order valence-electron chi connectivity index (χ2n) is 8.75. The van der Waals surface area contributed by atoms with Gasteiger partial charge in [-0.3, -0.25) is 14.9 Å². The van der Waals surface area contributed by atoms with Crippen molar-refractivity contribution >= 4 is 22.9 Å². The van der Waals surface area contributed by atoms with Gasteiger partial charge in [-0.25, -0.2) is 0 Å². The highest BCUT2D eigenvalue weighted by Crippen LogP contribution is 2.41. The van der Waals surface area contributed by atoms with Crippen LogP contribution in [-0.2, 0) is 16.0 Å². The van der Waals surface area contributed by atoms with E-state index in [0.29, 0.717) is 25.4 Å². The smallest absolute Gasteiger partial charge is 0.287 e. The predicted octanol–water partition coefficient (Wildman–Crippen LogP) is 6.49. The number of carbonyl (C=O) groups excluding carboxylic acids is 2. The first-order valence-electron chi connectivity index (χ1n) is 12.3. The third-order valence-electron chi connectivity index (χ3n) is 5.99. The standard InChI is InChI=1S/C29H31NO6S/c1-4-7-20-18-25(36-23-12-10-22(33-3)11-13-23)14-15-26(20)35-17-6-16-34-24-9-5-8-21(19-24)29(2)27(31)30-28(32)37-29/h5,8-15,18-19H,4,6-7,16-17H2,1-3H3,(H,30,31,32). The monoisotopic (exact) mass is 521 g/mol. The third-order valence-corrected chi connectivity index (χ3v) is 7.11. The molecule has 0 spiro atoms. The van der Waals surface area contributed by atoms with Crippen LogP contribution in [0, 0.1) is 0 Å². The summed E-state index contributed by atoms with van der Waals surface area (Å²) < 4.78 is 22.2. The Morgan fingerprint density at radius 1 is 0.865 bits per heavy atom. The number of aryl methyl sites for hydroxylation is 1. The molecule has 0 radical (unpaired) electrons. The van der Waals surface area contributed by atoms with E-state index < -0.39 is 4.75 Å². The largest absolute Gasteiger partial charge is 0.497 e. The van der Waals surface area contributed by atoms with Crippen molar-refractivity contribution in [3.05, 3.63) is 77.9 Å². The number of methoxy groups -OCH3 is 1. The van der Waals surface area contributed by atoms with Crippen molar-refractivity contribution in [2.24, 2.45) is 0 Å². The fourth-order valence-corrected chi connectivity index (χ4v) is 4.88. The molecule has 37 heavy (non-hydrogen) atoms. The van der Waals surface area contributed by atoms with Crippen molar-refractivity contribution in [1.82, 2.24) is 5.32 Å². The first-order valence-corrected chi connectivity index (χ1v) is 13.1. The molecule has 8 heteroatoms. The number of hydrogen-bond donors (Lipinski definition) is 1. The normalized spacial score (nSPS) is 16.8. The number of benzene rings is 3. The van der Waals surface area contributed by atoms with E-state index in [1.54, 1.807) is 14.0 Å². The first kappa shape index (κ1) is 26.4. The lowest BCUT2D eigenvalue weighted by atomic mass is 9.99. The van der Waals surface area contributed by atoms with Crippen LogP contribution in [0.1, 0.15) is 37.8 Å². The Morgan fingerprint density at radius 2 is 1.59 bits per heavy atom. The number of ether oxygens (including phenoxy) is 4. The van der Waals surface area contributed by atoms with Crippen molar-refractivity contribution < 1.29 is 28.5 Å². The third kappa shape index (κ3) is 6.57. The SMILES string of the molecule is CCCc1cc(Oc2ccc(OC)cc2)ccc1OCCCOc1cccc(C2(C)SC(=O)NC2=O)c1. The molecule has 1 heterocycles. The van der Waals surface area contributed by atoms with Crippen LogP contribution in [0.15, 0.2) is 66.7 Å². The van der Waals surface area contributed by atoms with Crippen molar-refractivity contribution in [2.75, 3.05) is 20.3 Å². The molecule has 3 aromatic carbocycles. The number of amides is 2. The van der Waals surface area contributed by atoms with Gasteiger partial charge in [0.25, 0.3) is 5.24 Å². The van der Waals surface area contributed by atoms with Gasteiger partial charge in [-0.2, -0.15) is 0 Å². The van der Waals surface area contributed by atoms with Gasteiger partial charge in [-0.05, 0) is 90.8 Å². The van der Waals surface area contributed by atoms with Crippen molar-refractivity contribution in [3.8, 4) is 28.7 Å². The molecule has 1 unspecified atom stereocenters. The van der Waals surface area contributed by atoms with Gasteiger partial charge < -0.3 is 18.9 Å². The molecule has 2 amide bonds. The van der Waals surface area contributed by atoms with Crippen LogP contribution in [0.25, 0.3) is 0 Å². The van der Waals surface area contributed by atoms with Crippen LogP contribution in [0.5, 0.6) is 28.7 Å². The fourth-order valence-electron chi connectivity index (χ4n) is 3.98. The van der Waals surface area contributed by atoms with Gasteiger partial charge >= 0.3 is 0 Å². The Hall–Kier alpha value is -3.65. The second-order valence-corrected chi connectivity index (χ2v) is 10.1. The molecule has 194 valence electrons. The summed E-state index contributed by atoms with van der Waals surface area (Å²) in [5.74, 6) is 3.47. The average Bonchev–Trinajstić information content (AvgIpc) is 3.17. The van der Waals surface area contributed by atoms with Gasteiger partial charge in [-0.1, -0.05) is 25.5 Å². The Balaban J connectivity index is 1.29. The summed E-state index contributed by atoms with van der Waals surface area (Å²) in [6.07, 6.45) is 2.55. The molecule has 0 bridgehead atoms. The van der Waals surface area contributed by atoms with Gasteiger partial charge in [-0.15, -0.1) is 0 Å². The topological polar surface area (TPSA) is 83.1 Å². The van der Waals surface area contributed by atoms with E-state index in [4.69, 9.17) is 18.9 Å². The van der Waals surface area contributed by atoms with E-state index in [1.165, 1.54) is 0 Å². The van der Waals surface area contributed by atoms with Crippen LogP contribution in [0.4, 0.5) is 4.79 Å². The average molecular weight is 522 g/mol. The summed E-state index contributed by atoms with van der Waals surface area (Å²) in [6, 6.07) is 20.7. The zero-order chi connectivity index (χ0) is 26.3. The number of rotatable bonds is 12. The maximum Gasteiger partial charge on any atom is 0.287 e. The van der Waals surface area contributed by atoms with Crippen LogP contribution in [0.2, 0.25) is 0 Å². The van der Waals surface area contributed by atoms with Crippen molar-refractivity contribution in [1.29, 1.82) is 0 Å². The van der Waals surface area contributed by atoms with E-state index in [0.717, 1.165) is 58.7 Å². The number of imide groups is 1. The molecule has 0 saturated carbocycles. The molecule has 1 fully saturated rings. The maximum absolute atomic E-state index is 12.2. The highest BCUT2D eigenvalue weighted by Gasteiger charge is 2.45. The summed E-state index contributed by atoms with van der Waals surface area (Å²) in [6.45, 7) is 4.83. The lowest BCUT2D eigenvalue weighted by molar-refractivity contribution is -0.121. The van der Waals surface area contributed by atoms with Crippen molar-refractivity contribution in [3.63, 3.8) is 0 Å². The van der Waals surface area contributed by atoms with Gasteiger partial charge in [0.05, 0.1) is 20.3 Å². The maximum atomic E-state index is 12.2. The zero-order valence-electron chi connectivity index (χ0n) is 21.2. The van der Waals surface area contributed by atoms with E-state index in [9.17, 15) is 9.59 Å². The Labute approximate surface area is 221 Å². The molecule has 1 aliphatic heterocycles. The quantitative estimate of drug-likeness (QED) is 0.273. The highest BCUT2D eigenvalue weighted by molar-refractivity contribution is 8.15. The minimum absolute atomic E-state index is 0.309. The summed E-state index contributed by atoms with van der Waals surface area (Å²) >= 11 is 0.986. The molecule has 7 nitrogen and oxygen atoms in total. The van der Waals surface area contributed by atoms with Crippen LogP contribution >= 0.6 is 11.8 Å². The van der Waals surface area contributed by atoms with Crippen LogP contribution in [-0.4, -0.2) is 31.5 Å². The summed E-state index contributed by atoms with van der Waals surface area (Å²) in [4.78, 5) is 23.9. The van der Waals surface area contributed by atoms with E-state index in [1.807, 2.05) is 66.7 Å². The first-order chi connectivity index (χ1) is 17.9. The number of hydrogen-bond acceptors (Lipinski definition) is 7.